The van der Waals surface area contributed by atoms with E-state index in [-0.39, 0.29) is 23.7 Å². The molecular weight excluding hydrogens is 238 g/mol. The van der Waals surface area contributed by atoms with Gasteiger partial charge in [0.2, 0.25) is 0 Å². The van der Waals surface area contributed by atoms with Gasteiger partial charge in [0.25, 0.3) is 0 Å². The first kappa shape index (κ1) is 13.9. The first-order chi connectivity index (χ1) is 7.96. The quantitative estimate of drug-likeness (QED) is 0.825. The Morgan fingerprint density at radius 2 is 1.88 bits per heavy atom. The molecule has 0 radical (unpaired) electrons. The van der Waals surface area contributed by atoms with E-state index in [1.165, 1.54) is 0 Å². The van der Waals surface area contributed by atoms with Crippen molar-refractivity contribution >= 4 is 15.6 Å². The number of nitrogens with two attached hydrogens (primary N) is 1. The van der Waals surface area contributed by atoms with Crippen LogP contribution in [0.3, 0.4) is 0 Å². The summed E-state index contributed by atoms with van der Waals surface area (Å²) in [4.78, 5) is 11.7. The molecule has 0 saturated heterocycles. The molecule has 5 heteroatoms. The number of carbonyl (C=O) groups excluding carboxylic acids is 1. The van der Waals surface area contributed by atoms with Gasteiger partial charge in [-0.15, -0.1) is 0 Å². The number of hydrogen-bond donors (Lipinski definition) is 1. The molecule has 0 aliphatic rings. The van der Waals surface area contributed by atoms with E-state index in [2.05, 4.69) is 0 Å². The summed E-state index contributed by atoms with van der Waals surface area (Å²) in [6, 6.07) is 8.22. The summed E-state index contributed by atoms with van der Waals surface area (Å²) in [5, 5.41) is 0. The Morgan fingerprint density at radius 1 is 1.29 bits per heavy atom. The molecule has 0 unspecified atom stereocenters. The molecule has 0 spiro atoms. The molecule has 1 aromatic rings. The number of benzene rings is 1. The minimum Gasteiger partial charge on any atom is -0.318 e. The number of carbonyl (C=O) groups is 1. The predicted octanol–water partition coefficient (Wildman–Crippen LogP) is 1.08. The second-order valence-corrected chi connectivity index (χ2v) is 6.31. The van der Waals surface area contributed by atoms with Crippen LogP contribution in [0.15, 0.2) is 30.3 Å². The fraction of sp³-hybridized carbons (Fsp3) is 0.417. The Balaban J connectivity index is 2.60. The van der Waals surface area contributed by atoms with Crippen LogP contribution in [-0.2, 0) is 14.6 Å². The zero-order chi connectivity index (χ0) is 12.9. The second kappa shape index (κ2) is 5.93. The minimum atomic E-state index is -3.11. The van der Waals surface area contributed by atoms with Gasteiger partial charge in [-0.2, -0.15) is 0 Å². The van der Waals surface area contributed by atoms with E-state index in [1.54, 1.807) is 31.2 Å². The highest BCUT2D eigenvalue weighted by molar-refractivity contribution is 7.91. The molecule has 1 atom stereocenters. The lowest BCUT2D eigenvalue weighted by atomic mass is 10.0. The number of Topliss-reactive ketones (excluding diaryl/α,β-unsaturated/α-hetero) is 1. The second-order valence-electron chi connectivity index (χ2n) is 3.84. The van der Waals surface area contributed by atoms with Gasteiger partial charge >= 0.3 is 0 Å². The minimum absolute atomic E-state index is 0.0216. The highest BCUT2D eigenvalue weighted by Gasteiger charge is 2.18. The summed E-state index contributed by atoms with van der Waals surface area (Å²) >= 11 is 0. The first-order valence-electron chi connectivity index (χ1n) is 5.50. The fourth-order valence-electron chi connectivity index (χ4n) is 1.40. The summed E-state index contributed by atoms with van der Waals surface area (Å²) in [5.41, 5.74) is 6.48. The van der Waals surface area contributed by atoms with Gasteiger partial charge in [-0.1, -0.05) is 37.3 Å². The Bertz CT molecular complexity index is 468. The molecule has 0 aliphatic heterocycles. The van der Waals surface area contributed by atoms with Crippen molar-refractivity contribution in [2.45, 2.75) is 19.4 Å². The zero-order valence-corrected chi connectivity index (χ0v) is 10.6. The van der Waals surface area contributed by atoms with Gasteiger partial charge in [0.15, 0.2) is 5.78 Å². The van der Waals surface area contributed by atoms with E-state index in [1.807, 2.05) is 6.07 Å². The molecule has 0 bridgehead atoms. The third-order valence-electron chi connectivity index (χ3n) is 2.60. The molecule has 94 valence electrons. The van der Waals surface area contributed by atoms with Crippen LogP contribution in [0.5, 0.6) is 0 Å². The standard InChI is InChI=1S/C12H17NO3S/c1-2-17(15,16)9-8-11(14)12(13)10-6-4-3-5-7-10/h3-7,12H,2,8-9,13H2,1H3/t12-/m1/s1. The van der Waals surface area contributed by atoms with Crippen LogP contribution in [-0.4, -0.2) is 25.7 Å². The summed E-state index contributed by atoms with van der Waals surface area (Å²) in [5.74, 6) is -0.308. The third kappa shape index (κ3) is 4.28. The topological polar surface area (TPSA) is 77.2 Å². The largest absolute Gasteiger partial charge is 0.318 e. The van der Waals surface area contributed by atoms with E-state index in [4.69, 9.17) is 5.73 Å². The molecular formula is C12H17NO3S. The van der Waals surface area contributed by atoms with Gasteiger partial charge in [0.05, 0.1) is 11.8 Å². The molecule has 0 saturated carbocycles. The summed E-state index contributed by atoms with van der Waals surface area (Å²) in [7, 11) is -3.11. The molecule has 2 N–H and O–H groups in total. The molecule has 1 aromatic carbocycles. The zero-order valence-electron chi connectivity index (χ0n) is 9.80. The van der Waals surface area contributed by atoms with Crippen LogP contribution >= 0.6 is 0 Å². The van der Waals surface area contributed by atoms with Crippen LogP contribution in [0, 0.1) is 0 Å². The van der Waals surface area contributed by atoms with Gasteiger partial charge in [-0.25, -0.2) is 8.42 Å². The number of rotatable bonds is 6. The van der Waals surface area contributed by atoms with Gasteiger partial charge in [-0.3, -0.25) is 4.79 Å². The fourth-order valence-corrected chi connectivity index (χ4v) is 2.20. The van der Waals surface area contributed by atoms with Crippen LogP contribution in [0.1, 0.15) is 24.9 Å². The van der Waals surface area contributed by atoms with Gasteiger partial charge in [0.1, 0.15) is 9.84 Å². The molecule has 0 aromatic heterocycles. The van der Waals surface area contributed by atoms with Crippen molar-refractivity contribution in [3.8, 4) is 0 Å². The van der Waals surface area contributed by atoms with Crippen LogP contribution in [0.25, 0.3) is 0 Å². The third-order valence-corrected chi connectivity index (χ3v) is 4.31. The molecule has 0 heterocycles. The summed E-state index contributed by atoms with van der Waals surface area (Å²) < 4.78 is 22.5. The summed E-state index contributed by atoms with van der Waals surface area (Å²) in [6.45, 7) is 1.57. The van der Waals surface area contributed by atoms with Gasteiger partial charge < -0.3 is 5.73 Å². The van der Waals surface area contributed by atoms with Crippen LogP contribution < -0.4 is 5.73 Å². The lowest BCUT2D eigenvalue weighted by molar-refractivity contribution is -0.120. The molecule has 17 heavy (non-hydrogen) atoms. The molecule has 4 nitrogen and oxygen atoms in total. The maximum atomic E-state index is 11.7. The lowest BCUT2D eigenvalue weighted by Crippen LogP contribution is -2.24. The van der Waals surface area contributed by atoms with E-state index in [0.717, 1.165) is 0 Å². The predicted molar refractivity (Wildman–Crippen MR) is 67.3 cm³/mol. The average molecular weight is 255 g/mol. The number of sulfone groups is 1. The Labute approximate surface area is 102 Å². The molecule has 1 rings (SSSR count). The van der Waals surface area contributed by atoms with Crippen molar-refractivity contribution < 1.29 is 13.2 Å². The first-order valence-corrected chi connectivity index (χ1v) is 7.32. The van der Waals surface area contributed by atoms with E-state index in [9.17, 15) is 13.2 Å². The van der Waals surface area contributed by atoms with Gasteiger partial charge in [-0.05, 0) is 5.56 Å². The van der Waals surface area contributed by atoms with Crippen molar-refractivity contribution in [1.82, 2.24) is 0 Å². The highest BCUT2D eigenvalue weighted by atomic mass is 32.2. The van der Waals surface area contributed by atoms with E-state index < -0.39 is 15.9 Å². The lowest BCUT2D eigenvalue weighted by Gasteiger charge is -2.10. The van der Waals surface area contributed by atoms with Crippen molar-refractivity contribution in [3.63, 3.8) is 0 Å². The maximum Gasteiger partial charge on any atom is 0.155 e. The Hall–Kier alpha value is -1.20. The average Bonchev–Trinajstić information content (AvgIpc) is 2.36. The maximum absolute atomic E-state index is 11.7. The summed E-state index contributed by atoms with van der Waals surface area (Å²) in [6.07, 6.45) is -0.0216. The van der Waals surface area contributed by atoms with Crippen LogP contribution in [0.4, 0.5) is 0 Å². The molecule has 0 fully saturated rings. The number of ketones is 1. The SMILES string of the molecule is CCS(=O)(=O)CCC(=O)[C@H](N)c1ccccc1. The van der Waals surface area contributed by atoms with Gasteiger partial charge in [0, 0.05) is 12.2 Å². The highest BCUT2D eigenvalue weighted by Crippen LogP contribution is 2.12. The normalized spacial score (nSPS) is 13.3. The van der Waals surface area contributed by atoms with E-state index in [0.29, 0.717) is 5.56 Å². The molecule has 0 aliphatic carbocycles. The monoisotopic (exact) mass is 255 g/mol. The Morgan fingerprint density at radius 3 is 2.41 bits per heavy atom. The van der Waals surface area contributed by atoms with Crippen molar-refractivity contribution in [2.24, 2.45) is 5.73 Å². The van der Waals surface area contributed by atoms with Crippen molar-refractivity contribution in [1.29, 1.82) is 0 Å². The van der Waals surface area contributed by atoms with Crippen LogP contribution in [0.2, 0.25) is 0 Å². The van der Waals surface area contributed by atoms with E-state index >= 15 is 0 Å². The molecule has 0 amide bonds. The van der Waals surface area contributed by atoms with Crippen molar-refractivity contribution in [2.75, 3.05) is 11.5 Å². The van der Waals surface area contributed by atoms with Crippen molar-refractivity contribution in [3.05, 3.63) is 35.9 Å². The number of hydrogen-bond acceptors (Lipinski definition) is 4. The Kier molecular flexibility index (Phi) is 4.84. The smallest absolute Gasteiger partial charge is 0.155 e.